The third-order valence-electron chi connectivity index (χ3n) is 2.57. The second kappa shape index (κ2) is 3.93. The molecule has 0 bridgehead atoms. The molecule has 2 aromatic carbocycles. The fourth-order valence-corrected chi connectivity index (χ4v) is 3.33. The van der Waals surface area contributed by atoms with E-state index in [2.05, 4.69) is 24.3 Å². The maximum Gasteiger partial charge on any atom is 0.0670 e. The molecule has 0 aliphatic carbocycles. The Kier molecular flexibility index (Phi) is 2.43. The highest BCUT2D eigenvalue weighted by molar-refractivity contribution is 7.23. The third-order valence-corrected chi connectivity index (χ3v) is 4.30. The van der Waals surface area contributed by atoms with Crippen LogP contribution in [0.15, 0.2) is 54.6 Å². The molecule has 16 heavy (non-hydrogen) atoms. The maximum absolute atomic E-state index is 6.40. The van der Waals surface area contributed by atoms with Crippen molar-refractivity contribution >= 4 is 33.0 Å². The van der Waals surface area contributed by atoms with Crippen molar-refractivity contribution in [2.24, 2.45) is 0 Å². The summed E-state index contributed by atoms with van der Waals surface area (Å²) in [6.45, 7) is 0. The minimum Gasteiger partial charge on any atom is -0.134 e. The van der Waals surface area contributed by atoms with Crippen molar-refractivity contribution < 1.29 is 0 Å². The van der Waals surface area contributed by atoms with Gasteiger partial charge in [-0.1, -0.05) is 60.1 Å². The molecule has 1 heterocycles. The Labute approximate surface area is 103 Å². The molecule has 0 unspecified atom stereocenters. The number of thiophene rings is 1. The van der Waals surface area contributed by atoms with Crippen molar-refractivity contribution in [3.05, 3.63) is 59.6 Å². The van der Waals surface area contributed by atoms with Gasteiger partial charge < -0.3 is 0 Å². The summed E-state index contributed by atoms with van der Waals surface area (Å²) in [5.41, 5.74) is 1.19. The molecule has 0 spiro atoms. The summed E-state index contributed by atoms with van der Waals surface area (Å²) in [6, 6.07) is 18.5. The van der Waals surface area contributed by atoms with E-state index >= 15 is 0 Å². The summed E-state index contributed by atoms with van der Waals surface area (Å²) >= 11 is 8.15. The predicted octanol–water partition coefficient (Wildman–Crippen LogP) is 5.22. The highest BCUT2D eigenvalue weighted by Gasteiger charge is 2.10. The first-order valence-electron chi connectivity index (χ1n) is 5.09. The van der Waals surface area contributed by atoms with Crippen molar-refractivity contribution in [2.75, 3.05) is 0 Å². The maximum atomic E-state index is 6.40. The number of hydrogen-bond acceptors (Lipinski definition) is 1. The molecule has 2 heteroatoms. The first-order valence-corrected chi connectivity index (χ1v) is 6.28. The monoisotopic (exact) mass is 244 g/mol. The van der Waals surface area contributed by atoms with E-state index in [4.69, 9.17) is 11.6 Å². The van der Waals surface area contributed by atoms with Crippen LogP contribution in [0, 0.1) is 0 Å². The molecular weight excluding hydrogens is 236 g/mol. The molecular formula is C14H9ClS. The summed E-state index contributed by atoms with van der Waals surface area (Å²) in [4.78, 5) is 1.16. The molecule has 3 aromatic rings. The summed E-state index contributed by atoms with van der Waals surface area (Å²) in [5.74, 6) is 0. The first-order chi connectivity index (χ1) is 7.86. The molecule has 0 saturated heterocycles. The second-order valence-electron chi connectivity index (χ2n) is 3.61. The molecule has 1 aromatic heterocycles. The highest BCUT2D eigenvalue weighted by atomic mass is 35.5. The number of benzene rings is 2. The van der Waals surface area contributed by atoms with Gasteiger partial charge in [-0.2, -0.15) is 0 Å². The number of halogens is 1. The van der Waals surface area contributed by atoms with Crippen molar-refractivity contribution in [3.8, 4) is 10.4 Å². The summed E-state index contributed by atoms with van der Waals surface area (Å²) in [6.07, 6.45) is 0. The van der Waals surface area contributed by atoms with Crippen LogP contribution in [-0.4, -0.2) is 0 Å². The molecule has 0 fully saturated rings. The molecule has 0 aliphatic heterocycles. The Morgan fingerprint density at radius 1 is 0.812 bits per heavy atom. The lowest BCUT2D eigenvalue weighted by Crippen LogP contribution is -1.70. The Hall–Kier alpha value is -1.31. The summed E-state index contributed by atoms with van der Waals surface area (Å²) < 4.78 is 1.24. The smallest absolute Gasteiger partial charge is 0.0670 e. The summed E-state index contributed by atoms with van der Waals surface area (Å²) in [5, 5.41) is 2.01. The van der Waals surface area contributed by atoms with E-state index in [9.17, 15) is 0 Å². The van der Waals surface area contributed by atoms with Crippen LogP contribution in [0.5, 0.6) is 0 Å². The lowest BCUT2D eigenvalue weighted by Gasteiger charge is -1.96. The lowest BCUT2D eigenvalue weighted by molar-refractivity contribution is 1.70. The van der Waals surface area contributed by atoms with Gasteiger partial charge in [0.2, 0.25) is 0 Å². The molecule has 0 radical (unpaired) electrons. The van der Waals surface area contributed by atoms with E-state index in [0.717, 1.165) is 15.3 Å². The average Bonchev–Trinajstić information content (AvgIpc) is 2.69. The van der Waals surface area contributed by atoms with Gasteiger partial charge in [0.05, 0.1) is 9.90 Å². The number of hydrogen-bond donors (Lipinski definition) is 0. The van der Waals surface area contributed by atoms with Crippen LogP contribution in [0.4, 0.5) is 0 Å². The van der Waals surface area contributed by atoms with Gasteiger partial charge in [0, 0.05) is 10.1 Å². The fourth-order valence-electron chi connectivity index (χ4n) is 1.79. The van der Waals surface area contributed by atoms with Gasteiger partial charge in [-0.15, -0.1) is 11.3 Å². The Morgan fingerprint density at radius 3 is 2.25 bits per heavy atom. The lowest BCUT2D eigenvalue weighted by atomic mass is 10.1. The molecule has 0 amide bonds. The van der Waals surface area contributed by atoms with Crippen molar-refractivity contribution in [1.29, 1.82) is 0 Å². The van der Waals surface area contributed by atoms with Crippen LogP contribution in [0.25, 0.3) is 20.5 Å². The van der Waals surface area contributed by atoms with Crippen LogP contribution in [-0.2, 0) is 0 Å². The van der Waals surface area contributed by atoms with E-state index in [1.54, 1.807) is 11.3 Å². The zero-order chi connectivity index (χ0) is 11.0. The van der Waals surface area contributed by atoms with Crippen LogP contribution in [0.2, 0.25) is 5.02 Å². The number of rotatable bonds is 1. The van der Waals surface area contributed by atoms with Crippen LogP contribution < -0.4 is 0 Å². The zero-order valence-corrected chi connectivity index (χ0v) is 10.1. The van der Waals surface area contributed by atoms with Gasteiger partial charge in [-0.05, 0) is 11.6 Å². The second-order valence-corrected chi connectivity index (χ2v) is 5.04. The van der Waals surface area contributed by atoms with Gasteiger partial charge in [0.15, 0.2) is 0 Å². The minimum absolute atomic E-state index is 0.867. The van der Waals surface area contributed by atoms with Gasteiger partial charge in [0.1, 0.15) is 0 Å². The van der Waals surface area contributed by atoms with E-state index in [1.807, 2.05) is 30.3 Å². The molecule has 0 N–H and O–H groups in total. The quantitative estimate of drug-likeness (QED) is 0.550. The highest BCUT2D eigenvalue weighted by Crippen LogP contribution is 2.41. The molecule has 78 valence electrons. The SMILES string of the molecule is Clc1c(-c2ccccc2)sc2ccccc12. The third kappa shape index (κ3) is 1.53. The molecule has 3 rings (SSSR count). The van der Waals surface area contributed by atoms with Gasteiger partial charge in [-0.3, -0.25) is 0 Å². The fraction of sp³-hybridized carbons (Fsp3) is 0. The van der Waals surface area contributed by atoms with Crippen LogP contribution in [0.3, 0.4) is 0 Å². The Balaban J connectivity index is 2.29. The van der Waals surface area contributed by atoms with Crippen LogP contribution >= 0.6 is 22.9 Å². The molecule has 0 atom stereocenters. The van der Waals surface area contributed by atoms with E-state index < -0.39 is 0 Å². The molecule has 0 saturated carbocycles. The van der Waals surface area contributed by atoms with Crippen molar-refractivity contribution in [2.45, 2.75) is 0 Å². The normalized spacial score (nSPS) is 10.8. The van der Waals surface area contributed by atoms with Crippen molar-refractivity contribution in [1.82, 2.24) is 0 Å². The Morgan fingerprint density at radius 2 is 1.50 bits per heavy atom. The number of fused-ring (bicyclic) bond motifs is 1. The van der Waals surface area contributed by atoms with Crippen LogP contribution in [0.1, 0.15) is 0 Å². The van der Waals surface area contributed by atoms with Gasteiger partial charge >= 0.3 is 0 Å². The van der Waals surface area contributed by atoms with E-state index in [-0.39, 0.29) is 0 Å². The minimum atomic E-state index is 0.867. The zero-order valence-electron chi connectivity index (χ0n) is 8.48. The van der Waals surface area contributed by atoms with Crippen molar-refractivity contribution in [3.63, 3.8) is 0 Å². The topological polar surface area (TPSA) is 0 Å². The summed E-state index contributed by atoms with van der Waals surface area (Å²) in [7, 11) is 0. The first kappa shape index (κ1) is 9.88. The van der Waals surface area contributed by atoms with E-state index in [1.165, 1.54) is 10.3 Å². The average molecular weight is 245 g/mol. The molecule has 0 nitrogen and oxygen atoms in total. The van der Waals surface area contributed by atoms with E-state index in [0.29, 0.717) is 0 Å². The standard InChI is InChI=1S/C14H9ClS/c15-13-11-8-4-5-9-12(11)16-14(13)10-6-2-1-3-7-10/h1-9H. The Bertz CT molecular complexity index is 626. The largest absolute Gasteiger partial charge is 0.134 e. The molecule has 0 aliphatic rings. The van der Waals surface area contributed by atoms with Gasteiger partial charge in [0.25, 0.3) is 0 Å². The predicted molar refractivity (Wildman–Crippen MR) is 72.3 cm³/mol. The van der Waals surface area contributed by atoms with Gasteiger partial charge in [-0.25, -0.2) is 0 Å².